The Hall–Kier alpha value is -1.00. The number of halogens is 1. The van der Waals surface area contributed by atoms with Crippen molar-refractivity contribution < 1.29 is 5.11 Å². The van der Waals surface area contributed by atoms with Crippen molar-refractivity contribution in [2.45, 2.75) is 28.2 Å². The minimum atomic E-state index is -0.523. The van der Waals surface area contributed by atoms with E-state index in [4.69, 9.17) is 11.6 Å². The molecule has 0 radical (unpaired) electrons. The van der Waals surface area contributed by atoms with Crippen LogP contribution in [0.3, 0.4) is 0 Å². The van der Waals surface area contributed by atoms with Gasteiger partial charge in [-0.2, -0.15) is 0 Å². The summed E-state index contributed by atoms with van der Waals surface area (Å²) in [5.74, 6) is 0.0887. The zero-order chi connectivity index (χ0) is 15.7. The summed E-state index contributed by atoms with van der Waals surface area (Å²) < 4.78 is 0. The van der Waals surface area contributed by atoms with Crippen LogP contribution in [-0.2, 0) is 0 Å². The van der Waals surface area contributed by atoms with Crippen LogP contribution in [0.25, 0.3) is 0 Å². The molecule has 22 heavy (non-hydrogen) atoms. The van der Waals surface area contributed by atoms with Gasteiger partial charge in [-0.15, -0.1) is 0 Å². The van der Waals surface area contributed by atoms with E-state index >= 15 is 0 Å². The fourth-order valence-electron chi connectivity index (χ4n) is 2.94. The van der Waals surface area contributed by atoms with Crippen LogP contribution in [0.2, 0.25) is 5.02 Å². The van der Waals surface area contributed by atoms with E-state index in [1.807, 2.05) is 18.2 Å². The molecule has 0 spiro atoms. The van der Waals surface area contributed by atoms with Crippen molar-refractivity contribution >= 4 is 23.4 Å². The second-order valence-electron chi connectivity index (χ2n) is 5.97. The standard InChI is InChI=1S/C18H20ClNOS/c1-20(2)10-9-14-13-5-3-4-6-16(13)22-17-8-7-12(19)11-15(17)18(14)21/h3-8,11,14,18,21H,9-10H2,1-2H3. The third-order valence-electron chi connectivity index (χ3n) is 4.10. The van der Waals surface area contributed by atoms with E-state index in [9.17, 15) is 5.11 Å². The quantitative estimate of drug-likeness (QED) is 0.889. The van der Waals surface area contributed by atoms with Gasteiger partial charge in [0.05, 0.1) is 6.10 Å². The predicted octanol–water partition coefficient (Wildman–Crippen LogP) is 4.57. The first-order chi connectivity index (χ1) is 10.6. The number of fused-ring (bicyclic) bond motifs is 2. The molecule has 4 heteroatoms. The average Bonchev–Trinajstić information content (AvgIpc) is 2.60. The highest BCUT2D eigenvalue weighted by atomic mass is 35.5. The molecule has 0 saturated carbocycles. The van der Waals surface area contributed by atoms with Gasteiger partial charge >= 0.3 is 0 Å². The summed E-state index contributed by atoms with van der Waals surface area (Å²) in [6.07, 6.45) is 0.391. The van der Waals surface area contributed by atoms with Crippen molar-refractivity contribution in [1.29, 1.82) is 0 Å². The molecule has 2 unspecified atom stereocenters. The number of aliphatic hydroxyl groups excluding tert-OH is 1. The van der Waals surface area contributed by atoms with Crippen LogP contribution in [0.5, 0.6) is 0 Å². The van der Waals surface area contributed by atoms with E-state index in [0.717, 1.165) is 23.4 Å². The van der Waals surface area contributed by atoms with Crippen molar-refractivity contribution in [3.05, 3.63) is 58.6 Å². The fraction of sp³-hybridized carbons (Fsp3) is 0.333. The molecular formula is C18H20ClNOS. The molecule has 3 rings (SSSR count). The lowest BCUT2D eigenvalue weighted by atomic mass is 9.86. The van der Waals surface area contributed by atoms with Crippen LogP contribution in [0, 0.1) is 0 Å². The van der Waals surface area contributed by atoms with Gasteiger partial charge in [0.25, 0.3) is 0 Å². The van der Waals surface area contributed by atoms with Crippen LogP contribution < -0.4 is 0 Å². The molecule has 0 aromatic heterocycles. The highest BCUT2D eigenvalue weighted by Crippen LogP contribution is 2.48. The van der Waals surface area contributed by atoms with Crippen molar-refractivity contribution in [3.8, 4) is 0 Å². The molecule has 0 fully saturated rings. The van der Waals surface area contributed by atoms with Gasteiger partial charge in [-0.3, -0.25) is 0 Å². The lowest BCUT2D eigenvalue weighted by Gasteiger charge is -2.25. The minimum Gasteiger partial charge on any atom is -0.388 e. The summed E-state index contributed by atoms with van der Waals surface area (Å²) in [6.45, 7) is 0.941. The molecule has 1 heterocycles. The first-order valence-electron chi connectivity index (χ1n) is 7.45. The summed E-state index contributed by atoms with van der Waals surface area (Å²) in [6, 6.07) is 14.2. The fourth-order valence-corrected chi connectivity index (χ4v) is 4.27. The van der Waals surface area contributed by atoms with E-state index in [2.05, 4.69) is 43.3 Å². The maximum Gasteiger partial charge on any atom is 0.0870 e. The summed E-state index contributed by atoms with van der Waals surface area (Å²) >= 11 is 7.87. The Balaban J connectivity index is 2.07. The number of aliphatic hydroxyl groups is 1. The topological polar surface area (TPSA) is 23.5 Å². The van der Waals surface area contributed by atoms with E-state index in [0.29, 0.717) is 5.02 Å². The van der Waals surface area contributed by atoms with Crippen LogP contribution in [0.15, 0.2) is 52.3 Å². The van der Waals surface area contributed by atoms with Crippen molar-refractivity contribution in [2.24, 2.45) is 0 Å². The number of nitrogens with zero attached hydrogens (tertiary/aromatic N) is 1. The summed E-state index contributed by atoms with van der Waals surface area (Å²) in [5, 5.41) is 11.7. The molecule has 116 valence electrons. The molecule has 1 aliphatic rings. The maximum absolute atomic E-state index is 11.0. The largest absolute Gasteiger partial charge is 0.388 e. The van der Waals surface area contributed by atoms with Crippen molar-refractivity contribution in [2.75, 3.05) is 20.6 Å². The summed E-state index contributed by atoms with van der Waals surface area (Å²) in [4.78, 5) is 4.48. The predicted molar refractivity (Wildman–Crippen MR) is 92.9 cm³/mol. The molecule has 0 amide bonds. The van der Waals surface area contributed by atoms with E-state index in [-0.39, 0.29) is 5.92 Å². The van der Waals surface area contributed by atoms with Gasteiger partial charge in [0.2, 0.25) is 0 Å². The number of benzene rings is 2. The monoisotopic (exact) mass is 333 g/mol. The third kappa shape index (κ3) is 3.18. The first kappa shape index (κ1) is 15.9. The van der Waals surface area contributed by atoms with Crippen LogP contribution in [-0.4, -0.2) is 30.6 Å². The number of hydrogen-bond donors (Lipinski definition) is 1. The zero-order valence-electron chi connectivity index (χ0n) is 12.8. The molecule has 1 N–H and O–H groups in total. The molecule has 2 nitrogen and oxygen atoms in total. The summed E-state index contributed by atoms with van der Waals surface area (Å²) in [5.41, 5.74) is 2.17. The molecular weight excluding hydrogens is 314 g/mol. The Kier molecular flexibility index (Phi) is 4.79. The first-order valence-corrected chi connectivity index (χ1v) is 8.64. The highest BCUT2D eigenvalue weighted by Gasteiger charge is 2.30. The van der Waals surface area contributed by atoms with Gasteiger partial charge in [0.1, 0.15) is 0 Å². The molecule has 2 aromatic carbocycles. The average molecular weight is 334 g/mol. The van der Waals surface area contributed by atoms with E-state index < -0.39 is 6.10 Å². The van der Waals surface area contributed by atoms with Crippen LogP contribution in [0.1, 0.15) is 29.6 Å². The summed E-state index contributed by atoms with van der Waals surface area (Å²) in [7, 11) is 4.13. The smallest absolute Gasteiger partial charge is 0.0870 e. The molecule has 1 aliphatic heterocycles. The van der Waals surface area contributed by atoms with Gasteiger partial charge in [-0.1, -0.05) is 41.6 Å². The second kappa shape index (κ2) is 6.63. The molecule has 0 aliphatic carbocycles. The molecule has 0 bridgehead atoms. The van der Waals surface area contributed by atoms with Gasteiger partial charge in [-0.25, -0.2) is 0 Å². The number of hydrogen-bond acceptors (Lipinski definition) is 3. The van der Waals surface area contributed by atoms with Crippen molar-refractivity contribution in [3.63, 3.8) is 0 Å². The molecule has 2 aromatic rings. The zero-order valence-corrected chi connectivity index (χ0v) is 14.4. The number of rotatable bonds is 3. The normalized spacial score (nSPS) is 20.4. The Morgan fingerprint density at radius 3 is 2.59 bits per heavy atom. The van der Waals surface area contributed by atoms with Gasteiger partial charge < -0.3 is 10.0 Å². The third-order valence-corrected chi connectivity index (χ3v) is 5.52. The van der Waals surface area contributed by atoms with Gasteiger partial charge in [-0.05, 0) is 62.5 Å². The van der Waals surface area contributed by atoms with E-state index in [1.165, 1.54) is 10.5 Å². The molecule has 0 saturated heterocycles. The lowest BCUT2D eigenvalue weighted by molar-refractivity contribution is 0.132. The second-order valence-corrected chi connectivity index (χ2v) is 7.49. The van der Waals surface area contributed by atoms with Crippen LogP contribution in [0.4, 0.5) is 0 Å². The van der Waals surface area contributed by atoms with Crippen molar-refractivity contribution in [1.82, 2.24) is 4.90 Å². The maximum atomic E-state index is 11.0. The van der Waals surface area contributed by atoms with E-state index in [1.54, 1.807) is 11.8 Å². The Labute approximate surface area is 141 Å². The SMILES string of the molecule is CN(C)CCC1c2ccccc2Sc2ccc(Cl)cc2C1O. The minimum absolute atomic E-state index is 0.0887. The Bertz CT molecular complexity index is 674. The highest BCUT2D eigenvalue weighted by molar-refractivity contribution is 7.99. The van der Waals surface area contributed by atoms with Crippen LogP contribution >= 0.6 is 23.4 Å². The molecule has 2 atom stereocenters. The van der Waals surface area contributed by atoms with Gasteiger partial charge in [0, 0.05) is 20.7 Å². The lowest BCUT2D eigenvalue weighted by Crippen LogP contribution is -2.19. The van der Waals surface area contributed by atoms with Gasteiger partial charge in [0.15, 0.2) is 0 Å². The Morgan fingerprint density at radius 1 is 1.09 bits per heavy atom. The Morgan fingerprint density at radius 2 is 1.82 bits per heavy atom.